The number of hydrogen-bond donors (Lipinski definition) is 1. The third kappa shape index (κ3) is 3.09. The zero-order valence-corrected chi connectivity index (χ0v) is 13.7. The fourth-order valence-corrected chi connectivity index (χ4v) is 4.31. The van der Waals surface area contributed by atoms with Gasteiger partial charge in [-0.3, -0.25) is 4.79 Å². The van der Waals surface area contributed by atoms with Crippen molar-refractivity contribution in [3.8, 4) is 0 Å². The average Bonchev–Trinajstić information content (AvgIpc) is 3.03. The Kier molecular flexibility index (Phi) is 4.36. The number of imidazole rings is 1. The molecule has 1 aromatic carbocycles. The van der Waals surface area contributed by atoms with Crippen molar-refractivity contribution >= 4 is 27.0 Å². The van der Waals surface area contributed by atoms with Gasteiger partial charge >= 0.3 is 5.97 Å². The van der Waals surface area contributed by atoms with Crippen molar-refractivity contribution in [3.63, 3.8) is 0 Å². The number of H-pyrrole nitrogens is 1. The minimum atomic E-state index is -3.56. The summed E-state index contributed by atoms with van der Waals surface area (Å²) in [5.41, 5.74) is 1.41. The van der Waals surface area contributed by atoms with Crippen LogP contribution in [0.15, 0.2) is 29.4 Å². The van der Waals surface area contributed by atoms with Crippen LogP contribution in [0.25, 0.3) is 11.0 Å². The topological polar surface area (TPSA) is 92.4 Å². The van der Waals surface area contributed by atoms with E-state index in [9.17, 15) is 13.2 Å². The van der Waals surface area contributed by atoms with E-state index >= 15 is 0 Å². The number of carbonyl (C=O) groups is 1. The first-order chi connectivity index (χ1) is 11.0. The smallest absolute Gasteiger partial charge is 0.309 e. The number of nitrogens with one attached hydrogen (secondary N) is 1. The number of carbonyl (C=O) groups excluding carboxylic acids is 1. The number of sulfonamides is 1. The van der Waals surface area contributed by atoms with Crippen LogP contribution in [0.5, 0.6) is 0 Å². The quantitative estimate of drug-likeness (QED) is 0.854. The molecule has 3 rings (SSSR count). The number of ether oxygens (including phenoxy) is 1. The van der Waals surface area contributed by atoms with E-state index in [1.807, 2.05) is 0 Å². The molecule has 0 bridgehead atoms. The first kappa shape index (κ1) is 15.9. The van der Waals surface area contributed by atoms with Crippen molar-refractivity contribution in [2.75, 3.05) is 19.7 Å². The second kappa shape index (κ2) is 6.29. The van der Waals surface area contributed by atoms with E-state index in [4.69, 9.17) is 4.74 Å². The third-order valence-electron chi connectivity index (χ3n) is 4.10. The molecule has 7 nitrogen and oxygen atoms in total. The Balaban J connectivity index is 1.75. The number of piperidine rings is 1. The van der Waals surface area contributed by atoms with Crippen LogP contribution in [0.2, 0.25) is 0 Å². The molecule has 0 amide bonds. The summed E-state index contributed by atoms with van der Waals surface area (Å²) in [6, 6.07) is 4.84. The third-order valence-corrected chi connectivity index (χ3v) is 6.00. The molecule has 8 heteroatoms. The monoisotopic (exact) mass is 337 g/mol. The van der Waals surface area contributed by atoms with Gasteiger partial charge in [-0.05, 0) is 38.0 Å². The second-order valence-electron chi connectivity index (χ2n) is 5.51. The maximum Gasteiger partial charge on any atom is 0.309 e. The maximum atomic E-state index is 12.7. The average molecular weight is 337 g/mol. The minimum Gasteiger partial charge on any atom is -0.466 e. The molecule has 0 unspecified atom stereocenters. The molecule has 1 aliphatic heterocycles. The van der Waals surface area contributed by atoms with Crippen molar-refractivity contribution in [1.29, 1.82) is 0 Å². The van der Waals surface area contributed by atoms with E-state index in [0.29, 0.717) is 38.1 Å². The predicted octanol–water partition coefficient (Wildman–Crippen LogP) is 1.53. The highest BCUT2D eigenvalue weighted by Crippen LogP contribution is 2.26. The van der Waals surface area contributed by atoms with Crippen LogP contribution in [0.4, 0.5) is 0 Å². The lowest BCUT2D eigenvalue weighted by Crippen LogP contribution is -2.40. The van der Waals surface area contributed by atoms with Crippen molar-refractivity contribution in [2.24, 2.45) is 5.92 Å². The first-order valence-electron chi connectivity index (χ1n) is 7.62. The van der Waals surface area contributed by atoms with Gasteiger partial charge in [0.2, 0.25) is 10.0 Å². The van der Waals surface area contributed by atoms with E-state index in [1.54, 1.807) is 25.1 Å². The number of esters is 1. The number of hydrogen-bond acceptors (Lipinski definition) is 5. The zero-order valence-electron chi connectivity index (χ0n) is 12.9. The van der Waals surface area contributed by atoms with Gasteiger partial charge in [0, 0.05) is 13.1 Å². The highest BCUT2D eigenvalue weighted by Gasteiger charge is 2.32. The summed E-state index contributed by atoms with van der Waals surface area (Å²) >= 11 is 0. The number of rotatable bonds is 4. The standard InChI is InChI=1S/C15H19N3O4S/c1-2-22-15(19)11-5-7-18(8-6-11)23(20,21)12-3-4-13-14(9-12)17-10-16-13/h3-4,9-11H,2,5-8H2,1H3,(H,16,17). The summed E-state index contributed by atoms with van der Waals surface area (Å²) < 4.78 is 31.9. The number of aromatic nitrogens is 2. The van der Waals surface area contributed by atoms with Crippen LogP contribution in [0.1, 0.15) is 19.8 Å². The van der Waals surface area contributed by atoms with Gasteiger partial charge < -0.3 is 9.72 Å². The van der Waals surface area contributed by atoms with Crippen LogP contribution in [0.3, 0.4) is 0 Å². The largest absolute Gasteiger partial charge is 0.466 e. The Hall–Kier alpha value is -1.93. The molecular weight excluding hydrogens is 318 g/mol. The fourth-order valence-electron chi connectivity index (χ4n) is 2.82. The molecule has 2 heterocycles. The van der Waals surface area contributed by atoms with Gasteiger partial charge in [-0.2, -0.15) is 4.31 Å². The predicted molar refractivity (Wildman–Crippen MR) is 84.2 cm³/mol. The minimum absolute atomic E-state index is 0.212. The Morgan fingerprint density at radius 3 is 2.83 bits per heavy atom. The normalized spacial score (nSPS) is 17.4. The SMILES string of the molecule is CCOC(=O)C1CCN(S(=O)(=O)c2ccc3nc[nH]c3c2)CC1. The molecule has 1 saturated heterocycles. The molecule has 1 aliphatic rings. The van der Waals surface area contributed by atoms with Gasteiger partial charge in [0.1, 0.15) is 0 Å². The van der Waals surface area contributed by atoms with Gasteiger partial charge in [-0.1, -0.05) is 0 Å². The summed E-state index contributed by atoms with van der Waals surface area (Å²) in [5, 5.41) is 0. The van der Waals surface area contributed by atoms with E-state index < -0.39 is 10.0 Å². The molecule has 1 fully saturated rings. The summed E-state index contributed by atoms with van der Waals surface area (Å²) in [4.78, 5) is 19.0. The number of aromatic amines is 1. The maximum absolute atomic E-state index is 12.7. The summed E-state index contributed by atoms with van der Waals surface area (Å²) in [5.74, 6) is -0.445. The Morgan fingerprint density at radius 1 is 1.39 bits per heavy atom. The Labute approximate surface area is 134 Å². The molecule has 124 valence electrons. The first-order valence-corrected chi connectivity index (χ1v) is 9.06. The Morgan fingerprint density at radius 2 is 2.13 bits per heavy atom. The fraction of sp³-hybridized carbons (Fsp3) is 0.467. The van der Waals surface area contributed by atoms with Crippen LogP contribution in [-0.2, 0) is 19.6 Å². The van der Waals surface area contributed by atoms with Gasteiger partial charge in [0.15, 0.2) is 0 Å². The van der Waals surface area contributed by atoms with E-state index in [1.165, 1.54) is 10.6 Å². The molecule has 0 radical (unpaired) electrons. The lowest BCUT2D eigenvalue weighted by molar-refractivity contribution is -0.149. The summed E-state index contributed by atoms with van der Waals surface area (Å²) in [6.07, 6.45) is 2.51. The van der Waals surface area contributed by atoms with Crippen molar-refractivity contribution in [2.45, 2.75) is 24.7 Å². The van der Waals surface area contributed by atoms with Crippen LogP contribution in [-0.4, -0.2) is 48.4 Å². The highest BCUT2D eigenvalue weighted by atomic mass is 32.2. The second-order valence-corrected chi connectivity index (χ2v) is 7.45. The number of fused-ring (bicyclic) bond motifs is 1. The molecule has 0 spiro atoms. The van der Waals surface area contributed by atoms with Crippen molar-refractivity contribution in [1.82, 2.24) is 14.3 Å². The molecule has 0 atom stereocenters. The van der Waals surface area contributed by atoms with Crippen LogP contribution >= 0.6 is 0 Å². The van der Waals surface area contributed by atoms with E-state index in [0.717, 1.165) is 5.52 Å². The molecule has 23 heavy (non-hydrogen) atoms. The zero-order chi connectivity index (χ0) is 16.4. The van der Waals surface area contributed by atoms with Crippen LogP contribution in [0, 0.1) is 5.92 Å². The van der Waals surface area contributed by atoms with Gasteiger partial charge in [-0.25, -0.2) is 13.4 Å². The molecule has 2 aromatic rings. The Bertz CT molecular complexity index is 807. The lowest BCUT2D eigenvalue weighted by atomic mass is 9.98. The number of benzene rings is 1. The van der Waals surface area contributed by atoms with Crippen LogP contribution < -0.4 is 0 Å². The molecule has 1 aromatic heterocycles. The summed E-state index contributed by atoms with van der Waals surface area (Å²) in [6.45, 7) is 2.77. The molecule has 0 aliphatic carbocycles. The highest BCUT2D eigenvalue weighted by molar-refractivity contribution is 7.89. The van der Waals surface area contributed by atoms with E-state index in [-0.39, 0.29) is 16.8 Å². The number of nitrogens with zero attached hydrogens (tertiary/aromatic N) is 2. The van der Waals surface area contributed by atoms with Crippen molar-refractivity contribution in [3.05, 3.63) is 24.5 Å². The van der Waals surface area contributed by atoms with E-state index in [2.05, 4.69) is 9.97 Å². The molecular formula is C15H19N3O4S. The molecule has 1 N–H and O–H groups in total. The molecule has 0 saturated carbocycles. The van der Waals surface area contributed by atoms with Gasteiger partial charge in [-0.15, -0.1) is 0 Å². The summed E-state index contributed by atoms with van der Waals surface area (Å²) in [7, 11) is -3.56. The lowest BCUT2D eigenvalue weighted by Gasteiger charge is -2.30. The van der Waals surface area contributed by atoms with Gasteiger partial charge in [0.05, 0.1) is 34.8 Å². The van der Waals surface area contributed by atoms with Crippen molar-refractivity contribution < 1.29 is 17.9 Å². The van der Waals surface area contributed by atoms with Gasteiger partial charge in [0.25, 0.3) is 0 Å².